The summed E-state index contributed by atoms with van der Waals surface area (Å²) in [4.78, 5) is 2.58. The zero-order chi connectivity index (χ0) is 8.93. The highest BCUT2D eigenvalue weighted by Crippen LogP contribution is 2.41. The molecule has 3 atom stereocenters. The molecule has 2 rings (SSSR count). The summed E-state index contributed by atoms with van der Waals surface area (Å²) < 4.78 is 0. The minimum atomic E-state index is 0.344. The Hall–Kier alpha value is -0.0800. The Morgan fingerprint density at radius 1 is 1.25 bits per heavy atom. The van der Waals surface area contributed by atoms with Gasteiger partial charge in [-0.25, -0.2) is 0 Å². The second-order valence-electron chi connectivity index (χ2n) is 5.40. The van der Waals surface area contributed by atoms with Crippen molar-refractivity contribution in [3.8, 4) is 0 Å². The lowest BCUT2D eigenvalue weighted by atomic mass is 9.72. The van der Waals surface area contributed by atoms with Crippen molar-refractivity contribution in [3.05, 3.63) is 0 Å². The standard InChI is InChI=1S/C10H20N2/c1-10(2,3)12-5-7-4-9(11)8(7)6-12/h7-9H,4-6,11H2,1-3H3/t7-,8+,9-/m1/s1. The van der Waals surface area contributed by atoms with Gasteiger partial charge in [-0.15, -0.1) is 0 Å². The Morgan fingerprint density at radius 2 is 1.92 bits per heavy atom. The maximum Gasteiger partial charge on any atom is 0.0125 e. The van der Waals surface area contributed by atoms with Gasteiger partial charge in [0.1, 0.15) is 0 Å². The van der Waals surface area contributed by atoms with Crippen molar-refractivity contribution in [2.24, 2.45) is 17.6 Å². The predicted molar refractivity (Wildman–Crippen MR) is 50.9 cm³/mol. The van der Waals surface area contributed by atoms with Crippen LogP contribution in [0.25, 0.3) is 0 Å². The lowest BCUT2D eigenvalue weighted by molar-refractivity contribution is 0.168. The van der Waals surface area contributed by atoms with Crippen LogP contribution in [-0.2, 0) is 0 Å². The monoisotopic (exact) mass is 168 g/mol. The van der Waals surface area contributed by atoms with Crippen molar-refractivity contribution in [1.29, 1.82) is 0 Å². The van der Waals surface area contributed by atoms with E-state index in [9.17, 15) is 0 Å². The Labute approximate surface area is 75.1 Å². The normalized spacial score (nSPS) is 42.5. The Balaban J connectivity index is 1.99. The summed E-state index contributed by atoms with van der Waals surface area (Å²) in [6.07, 6.45) is 1.26. The number of hydrogen-bond donors (Lipinski definition) is 1. The van der Waals surface area contributed by atoms with Crippen LogP contribution in [0.5, 0.6) is 0 Å². The molecule has 2 nitrogen and oxygen atoms in total. The molecule has 0 spiro atoms. The molecule has 0 bridgehead atoms. The SMILES string of the molecule is CC(C)(C)N1C[C@H]2C[C@@H](N)[C@H]2C1. The number of fused-ring (bicyclic) bond motifs is 1. The Kier molecular flexibility index (Phi) is 1.74. The van der Waals surface area contributed by atoms with Crippen LogP contribution in [0.1, 0.15) is 27.2 Å². The number of nitrogens with two attached hydrogens (primary N) is 1. The van der Waals surface area contributed by atoms with E-state index in [1.165, 1.54) is 19.5 Å². The van der Waals surface area contributed by atoms with Crippen LogP contribution >= 0.6 is 0 Å². The Bertz CT molecular complexity index is 183. The lowest BCUT2D eigenvalue weighted by Crippen LogP contribution is -2.46. The molecule has 2 heteroatoms. The van der Waals surface area contributed by atoms with E-state index in [0.29, 0.717) is 11.6 Å². The van der Waals surface area contributed by atoms with Crippen molar-refractivity contribution < 1.29 is 0 Å². The zero-order valence-electron chi connectivity index (χ0n) is 8.38. The van der Waals surface area contributed by atoms with Gasteiger partial charge >= 0.3 is 0 Å². The highest BCUT2D eigenvalue weighted by Gasteiger charge is 2.47. The smallest absolute Gasteiger partial charge is 0.0125 e. The summed E-state index contributed by atoms with van der Waals surface area (Å²) in [5.74, 6) is 1.73. The summed E-state index contributed by atoms with van der Waals surface area (Å²) >= 11 is 0. The molecular formula is C10H20N2. The minimum absolute atomic E-state index is 0.344. The molecule has 1 heterocycles. The quantitative estimate of drug-likeness (QED) is 0.586. The maximum absolute atomic E-state index is 5.94. The van der Waals surface area contributed by atoms with Crippen LogP contribution in [0.4, 0.5) is 0 Å². The van der Waals surface area contributed by atoms with Gasteiger partial charge in [-0.05, 0) is 39.0 Å². The minimum Gasteiger partial charge on any atom is -0.327 e. The van der Waals surface area contributed by atoms with Crippen LogP contribution in [0.15, 0.2) is 0 Å². The molecule has 0 aromatic rings. The first-order valence-corrected chi connectivity index (χ1v) is 4.99. The van der Waals surface area contributed by atoms with Crippen molar-refractivity contribution in [2.75, 3.05) is 13.1 Å². The molecule has 12 heavy (non-hydrogen) atoms. The summed E-state index contributed by atoms with van der Waals surface area (Å²) in [5, 5.41) is 0. The second kappa shape index (κ2) is 2.46. The first-order valence-electron chi connectivity index (χ1n) is 4.99. The van der Waals surface area contributed by atoms with Gasteiger partial charge < -0.3 is 5.73 Å². The Morgan fingerprint density at radius 3 is 2.33 bits per heavy atom. The molecule has 2 aliphatic rings. The van der Waals surface area contributed by atoms with Crippen molar-refractivity contribution >= 4 is 0 Å². The molecular weight excluding hydrogens is 148 g/mol. The van der Waals surface area contributed by atoms with Gasteiger partial charge in [0.2, 0.25) is 0 Å². The van der Waals surface area contributed by atoms with Crippen LogP contribution in [0, 0.1) is 11.8 Å². The van der Waals surface area contributed by atoms with Gasteiger partial charge in [-0.3, -0.25) is 4.90 Å². The van der Waals surface area contributed by atoms with E-state index in [1.54, 1.807) is 0 Å². The van der Waals surface area contributed by atoms with Crippen molar-refractivity contribution in [2.45, 2.75) is 38.8 Å². The first-order chi connectivity index (χ1) is 5.48. The molecule has 1 aliphatic carbocycles. The fourth-order valence-electron chi connectivity index (χ4n) is 2.51. The van der Waals surface area contributed by atoms with E-state index in [2.05, 4.69) is 25.7 Å². The van der Waals surface area contributed by atoms with E-state index < -0.39 is 0 Å². The first kappa shape index (κ1) is 8.52. The van der Waals surface area contributed by atoms with Gasteiger partial charge in [-0.2, -0.15) is 0 Å². The van der Waals surface area contributed by atoms with Crippen molar-refractivity contribution in [1.82, 2.24) is 4.90 Å². The molecule has 0 aromatic heterocycles. The van der Waals surface area contributed by atoms with E-state index >= 15 is 0 Å². The summed E-state index contributed by atoms with van der Waals surface area (Å²) in [7, 11) is 0. The molecule has 0 radical (unpaired) electrons. The molecule has 0 aromatic carbocycles. The van der Waals surface area contributed by atoms with Crippen LogP contribution < -0.4 is 5.73 Å². The summed E-state index contributed by atoms with van der Waals surface area (Å²) in [5.41, 5.74) is 6.29. The second-order valence-corrected chi connectivity index (χ2v) is 5.40. The largest absolute Gasteiger partial charge is 0.327 e. The van der Waals surface area contributed by atoms with Gasteiger partial charge in [0.15, 0.2) is 0 Å². The summed E-state index contributed by atoms with van der Waals surface area (Å²) in [6.45, 7) is 9.40. The fraction of sp³-hybridized carbons (Fsp3) is 1.00. The number of hydrogen-bond acceptors (Lipinski definition) is 2. The molecule has 0 amide bonds. The maximum atomic E-state index is 5.94. The molecule has 1 aliphatic heterocycles. The van der Waals surface area contributed by atoms with E-state index in [4.69, 9.17) is 5.73 Å². The molecule has 1 saturated heterocycles. The van der Waals surface area contributed by atoms with Gasteiger partial charge in [0.05, 0.1) is 0 Å². The topological polar surface area (TPSA) is 29.3 Å². The molecule has 2 fully saturated rings. The van der Waals surface area contributed by atoms with Gasteiger partial charge in [-0.1, -0.05) is 0 Å². The van der Waals surface area contributed by atoms with E-state index in [-0.39, 0.29) is 0 Å². The van der Waals surface area contributed by atoms with Crippen LogP contribution in [0.2, 0.25) is 0 Å². The van der Waals surface area contributed by atoms with Crippen LogP contribution in [-0.4, -0.2) is 29.6 Å². The third-order valence-corrected chi connectivity index (χ3v) is 3.57. The number of nitrogens with zero attached hydrogens (tertiary/aromatic N) is 1. The van der Waals surface area contributed by atoms with Gasteiger partial charge in [0, 0.05) is 24.7 Å². The van der Waals surface area contributed by atoms with E-state index in [1.807, 2.05) is 0 Å². The molecule has 0 unspecified atom stereocenters. The summed E-state index contributed by atoms with van der Waals surface area (Å²) in [6, 6.07) is 0.502. The lowest BCUT2D eigenvalue weighted by Gasteiger charge is -2.36. The number of likely N-dealkylation sites (tertiary alicyclic amines) is 1. The number of rotatable bonds is 0. The average Bonchev–Trinajstić information content (AvgIpc) is 2.24. The van der Waals surface area contributed by atoms with Crippen molar-refractivity contribution in [3.63, 3.8) is 0 Å². The average molecular weight is 168 g/mol. The highest BCUT2D eigenvalue weighted by molar-refractivity contribution is 5.02. The fourth-order valence-corrected chi connectivity index (χ4v) is 2.51. The molecule has 1 saturated carbocycles. The predicted octanol–water partition coefficient (Wildman–Crippen LogP) is 1.06. The third kappa shape index (κ3) is 1.17. The van der Waals surface area contributed by atoms with E-state index in [0.717, 1.165) is 11.8 Å². The van der Waals surface area contributed by atoms with Gasteiger partial charge in [0.25, 0.3) is 0 Å². The molecule has 2 N–H and O–H groups in total. The van der Waals surface area contributed by atoms with Crippen LogP contribution in [0.3, 0.4) is 0 Å². The third-order valence-electron chi connectivity index (χ3n) is 3.57. The highest BCUT2D eigenvalue weighted by atomic mass is 15.2. The molecule has 70 valence electrons. The zero-order valence-corrected chi connectivity index (χ0v) is 8.38.